The summed E-state index contributed by atoms with van der Waals surface area (Å²) < 4.78 is 25.6. The summed E-state index contributed by atoms with van der Waals surface area (Å²) in [6.45, 7) is 6.75. The van der Waals surface area contributed by atoms with Crippen LogP contribution < -0.4 is 67.8 Å². The average molecular weight is 1590 g/mol. The van der Waals surface area contributed by atoms with Crippen molar-refractivity contribution in [3.05, 3.63) is 117 Å². The first kappa shape index (κ1) is 83.0. The van der Waals surface area contributed by atoms with E-state index in [2.05, 4.69) is 54.8 Å². The van der Waals surface area contributed by atoms with Gasteiger partial charge in [0.25, 0.3) is 0 Å². The van der Waals surface area contributed by atoms with E-state index >= 15 is 24.0 Å². The highest BCUT2D eigenvalue weighted by atomic mass is 35.5. The number of fused-ring (bicyclic) bond motifs is 15. The molecule has 0 unspecified atom stereocenters. The van der Waals surface area contributed by atoms with E-state index in [1.165, 1.54) is 68.6 Å². The number of carbonyl (C=O) groups excluding carboxylic acids is 8. The molecule has 5 aromatic rings. The van der Waals surface area contributed by atoms with Gasteiger partial charge in [0, 0.05) is 23.7 Å². The van der Waals surface area contributed by atoms with Crippen molar-refractivity contribution >= 4 is 58.9 Å². The van der Waals surface area contributed by atoms with Gasteiger partial charge in [0.1, 0.15) is 102 Å². The summed E-state index contributed by atoms with van der Waals surface area (Å²) in [5.74, 6) is -12.0. The molecule has 20 N–H and O–H groups in total. The fraction of sp³-hybridized carbons (Fsp3) is 0.531. The number of carbonyl (C=O) groups is 8. The molecule has 15 rings (SSSR count). The summed E-state index contributed by atoms with van der Waals surface area (Å²) in [5.41, 5.74) is 4.26. The highest BCUT2D eigenvalue weighted by Crippen LogP contribution is 2.55. The average Bonchev–Trinajstić information content (AvgIpc) is 0.754. The van der Waals surface area contributed by atoms with Crippen molar-refractivity contribution in [2.24, 2.45) is 35.3 Å². The zero-order valence-electron chi connectivity index (χ0n) is 63.6. The van der Waals surface area contributed by atoms with Crippen LogP contribution in [0.3, 0.4) is 0 Å². The van der Waals surface area contributed by atoms with Gasteiger partial charge in [0.15, 0.2) is 11.5 Å². The van der Waals surface area contributed by atoms with Gasteiger partial charge in [0.05, 0.1) is 29.7 Å². The largest absolute Gasteiger partial charge is 0.507 e. The van der Waals surface area contributed by atoms with Crippen molar-refractivity contribution in [3.8, 4) is 57.1 Å². The Bertz CT molecular complexity index is 4370. The highest BCUT2D eigenvalue weighted by Gasteiger charge is 2.51. The van der Waals surface area contributed by atoms with E-state index in [9.17, 15) is 60.3 Å². The van der Waals surface area contributed by atoms with Crippen molar-refractivity contribution in [3.63, 3.8) is 0 Å². The maximum atomic E-state index is 16.3. The second-order valence-corrected chi connectivity index (χ2v) is 32.0. The first-order valence-electron chi connectivity index (χ1n) is 39.0. The number of ether oxygens (including phenoxy) is 4. The number of aromatic hydroxyl groups is 3. The summed E-state index contributed by atoms with van der Waals surface area (Å²) >= 11 is 7.19. The summed E-state index contributed by atoms with van der Waals surface area (Å²) in [5, 5.41) is 132. The number of unbranched alkanes of at least 4 members (excludes halogenated alkanes) is 7. The molecule has 10 aliphatic rings. The van der Waals surface area contributed by atoms with Gasteiger partial charge in [0.2, 0.25) is 59.3 Å². The summed E-state index contributed by atoms with van der Waals surface area (Å²) in [6.07, 6.45) is -1.80. The van der Waals surface area contributed by atoms with Crippen LogP contribution in [-0.4, -0.2) is 174 Å². The Morgan fingerprint density at radius 1 is 0.646 bits per heavy atom. The van der Waals surface area contributed by atoms with Crippen LogP contribution in [0.5, 0.6) is 46.0 Å². The first-order valence-corrected chi connectivity index (χ1v) is 39.4. The molecule has 8 amide bonds. The van der Waals surface area contributed by atoms with Crippen LogP contribution >= 0.6 is 11.6 Å². The third kappa shape index (κ3) is 18.4. The van der Waals surface area contributed by atoms with E-state index in [1.807, 2.05) is 13.8 Å². The maximum absolute atomic E-state index is 16.3. The summed E-state index contributed by atoms with van der Waals surface area (Å²) in [6, 6.07) is 0.805. The molecule has 15 bridgehead atoms. The van der Waals surface area contributed by atoms with Gasteiger partial charge in [-0.2, -0.15) is 0 Å². The molecular weight excluding hydrogens is 1480 g/mol. The highest BCUT2D eigenvalue weighted by molar-refractivity contribution is 6.32. The van der Waals surface area contributed by atoms with Crippen LogP contribution in [0.25, 0.3) is 11.1 Å². The van der Waals surface area contributed by atoms with Crippen molar-refractivity contribution in [1.29, 1.82) is 0 Å². The number of nitrogens with two attached hydrogens (primary N) is 1. The molecule has 0 spiro atoms. The van der Waals surface area contributed by atoms with Gasteiger partial charge in [-0.3, -0.25) is 38.4 Å². The summed E-state index contributed by atoms with van der Waals surface area (Å²) in [4.78, 5) is 122. The Morgan fingerprint density at radius 2 is 1.27 bits per heavy atom. The Hall–Kier alpha value is -9.41. The fourth-order valence-corrected chi connectivity index (χ4v) is 17.4. The molecular formula is C81H103ClN10O21. The number of nitrogens with one attached hydrogen (secondary N) is 9. The van der Waals surface area contributed by atoms with Gasteiger partial charge >= 0.3 is 0 Å². The van der Waals surface area contributed by atoms with E-state index in [4.69, 9.17) is 36.3 Å². The second kappa shape index (κ2) is 36.0. The zero-order valence-corrected chi connectivity index (χ0v) is 64.3. The molecule has 31 nitrogen and oxygen atoms in total. The lowest BCUT2D eigenvalue weighted by molar-refractivity contribution is -0.277. The van der Waals surface area contributed by atoms with Crippen molar-refractivity contribution < 1.29 is 103 Å². The standard InChI is InChI=1S/C81H103ClN10O21/c1-6-7-8-9-10-11-12-13-20-85-34-48-53(95)32-47-60(69(48)99)46-28-40(14-17-52(46)94)62-76(105)92-66(80(109)90-64(47)78(107)87-61-43-24-38-23-39(26-43)27-44(61)25-38)68(98)42-16-19-55(49(82)29-42)111-57-31-45-30-56(73(57)113-81-72(102)71(101)70(100)58(35-93)112-81)110-54-18-15-41(22-37(54)4)67(97)65(91-74(103)50(84-5)21-36(2)3)79(108)86-51(33-59(83)96)75(104)88-63(45)77(106)89-62/h14-19,22,28-32,36,38-39,43-44,50-51,58,61-68,70-72,81,84-85,93-95,97-102H,6-13,20-21,23-27,33-35H2,1-5H3,(H2,83,96)(H,86,108)(H,87,107)(H,88,104)(H,89,106)(H,90,109)(H,91,103)(H,92,105)/t38?,39?,43?,44?,50-,51+,58-,61?,62-,63-,64+,65-,66+,67-,68-,70-,71+,72-,81+/m1/s1. The van der Waals surface area contributed by atoms with Gasteiger partial charge in [-0.05, 0) is 183 Å². The number of phenols is 3. The lowest BCUT2D eigenvalue weighted by atomic mass is 9.54. The number of hydrogen-bond acceptors (Lipinski definition) is 23. The first-order chi connectivity index (χ1) is 54.0. The Labute approximate surface area is 658 Å². The molecule has 5 fully saturated rings. The number of hydrogen-bond donors (Lipinski definition) is 19. The number of aryl methyl sites for hydroxylation is 1. The van der Waals surface area contributed by atoms with Gasteiger partial charge in [-0.1, -0.05) is 95.5 Å². The second-order valence-electron chi connectivity index (χ2n) is 31.6. The number of amides is 8. The minimum Gasteiger partial charge on any atom is -0.507 e. The van der Waals surface area contributed by atoms with E-state index in [0.717, 1.165) is 102 Å². The Balaban J connectivity index is 1.04. The van der Waals surface area contributed by atoms with Crippen LogP contribution in [0.15, 0.2) is 72.8 Å². The van der Waals surface area contributed by atoms with Crippen LogP contribution in [0.1, 0.15) is 186 Å². The molecule has 0 radical (unpaired) electrons. The lowest BCUT2D eigenvalue weighted by Gasteiger charge is -2.54. The number of aliphatic hydroxyl groups is 6. The molecule has 1 saturated heterocycles. The monoisotopic (exact) mass is 1590 g/mol. The number of phenolic OH excluding ortho intramolecular Hbond substituents is 3. The van der Waals surface area contributed by atoms with E-state index < -0.39 is 180 Å². The predicted octanol–water partition coefficient (Wildman–Crippen LogP) is 4.61. The minimum absolute atomic E-state index is 0.00339. The molecule has 0 aromatic heterocycles. The van der Waals surface area contributed by atoms with E-state index in [-0.39, 0.29) is 103 Å². The molecule has 5 aromatic carbocycles. The Kier molecular flexibility index (Phi) is 26.4. The number of rotatable bonds is 23. The van der Waals surface area contributed by atoms with E-state index in [1.54, 1.807) is 0 Å². The molecule has 6 aliphatic heterocycles. The normalized spacial score (nSPS) is 28.3. The summed E-state index contributed by atoms with van der Waals surface area (Å²) in [7, 11) is 1.51. The molecule has 4 saturated carbocycles. The third-order valence-corrected chi connectivity index (χ3v) is 23.3. The van der Waals surface area contributed by atoms with Crippen LogP contribution in [-0.2, 0) is 49.6 Å². The van der Waals surface area contributed by atoms with E-state index in [0.29, 0.717) is 18.4 Å². The third-order valence-electron chi connectivity index (χ3n) is 23.0. The van der Waals surface area contributed by atoms with Crippen molar-refractivity contribution in [2.45, 2.75) is 222 Å². The topological polar surface area (TPSA) is 490 Å². The molecule has 610 valence electrons. The number of halogens is 1. The lowest BCUT2D eigenvalue weighted by Crippen LogP contribution is -2.60. The van der Waals surface area contributed by atoms with Gasteiger partial charge in [-0.15, -0.1) is 0 Å². The zero-order chi connectivity index (χ0) is 81.0. The van der Waals surface area contributed by atoms with Crippen LogP contribution in [0, 0.1) is 36.5 Å². The smallest absolute Gasteiger partial charge is 0.248 e. The van der Waals surface area contributed by atoms with Crippen molar-refractivity contribution in [1.82, 2.24) is 47.9 Å². The maximum Gasteiger partial charge on any atom is 0.248 e. The van der Waals surface area contributed by atoms with Gasteiger partial charge in [-0.25, -0.2) is 0 Å². The minimum atomic E-state index is -2.27. The fourth-order valence-electron chi connectivity index (χ4n) is 17.2. The predicted molar refractivity (Wildman–Crippen MR) is 408 cm³/mol. The number of likely N-dealkylation sites (N-methyl/N-ethyl adjacent to an activating group) is 1. The van der Waals surface area contributed by atoms with Gasteiger partial charge < -0.3 is 118 Å². The molecule has 6 heterocycles. The number of benzene rings is 5. The quantitative estimate of drug-likeness (QED) is 0.0397. The number of aliphatic hydroxyl groups excluding tert-OH is 6. The van der Waals surface area contributed by atoms with Crippen molar-refractivity contribution in [2.75, 3.05) is 20.2 Å². The molecule has 113 heavy (non-hydrogen) atoms. The molecule has 32 heteroatoms. The van der Waals surface area contributed by atoms with Crippen LogP contribution in [0.2, 0.25) is 5.02 Å². The Morgan fingerprint density at radius 3 is 1.90 bits per heavy atom. The number of primary amides is 1. The SMILES string of the molecule is CCCCCCCCCCNCc1c(O)cc2c(c1O)-c1cc(ccc1O)[C@H]1NC(=O)[C@@H]3NC(=O)[C@H](CC(N)=O)NC(=O)[C@H](NC(=O)[C@@H](CC(C)C)NC)[C@H](O)c4ccc(c(C)c4)Oc4cc3cc(c4O[C@@H]3O[C@H](CO)[C@@H](O)[C@H](O)[C@H]3O)Oc3ccc(cc3Cl)[C@@H](O)[C@H](NC1=O)C(=O)N[C@@H]2C(=O)NC1C2CC3CC(C2)CC1C3. The molecule has 14 atom stereocenters. The molecule has 4 aliphatic carbocycles. The van der Waals surface area contributed by atoms with Crippen LogP contribution in [0.4, 0.5) is 0 Å².